The largest absolute Gasteiger partial charge is 0.387 e. The van der Waals surface area contributed by atoms with Crippen molar-refractivity contribution in [2.75, 3.05) is 20.8 Å². The Morgan fingerprint density at radius 2 is 1.92 bits per heavy atom. The summed E-state index contributed by atoms with van der Waals surface area (Å²) in [5.41, 5.74) is -0.549. The van der Waals surface area contributed by atoms with E-state index in [-0.39, 0.29) is 0 Å². The molecule has 0 spiro atoms. The van der Waals surface area contributed by atoms with Crippen molar-refractivity contribution in [2.45, 2.75) is 43.4 Å². The molecule has 0 aliphatic carbocycles. The van der Waals surface area contributed by atoms with Gasteiger partial charge in [0.25, 0.3) is 0 Å². The fraction of sp³-hybridized carbons (Fsp3) is 1.00. The van der Waals surface area contributed by atoms with E-state index in [1.54, 1.807) is 7.11 Å². The minimum absolute atomic E-state index is 0.494. The lowest BCUT2D eigenvalue weighted by Gasteiger charge is -2.41. The molecule has 2 atom stereocenters. The highest BCUT2D eigenvalue weighted by molar-refractivity contribution is 5.00. The number of fused-ring (bicyclic) bond motifs is 2. The Balaban J connectivity index is 2.05. The molecule has 76 valence electrons. The average molecular weight is 185 g/mol. The predicted octanol–water partition coefficient (Wildman–Crippen LogP) is 0.620. The molecule has 0 aromatic rings. The molecule has 3 nitrogen and oxygen atoms in total. The first-order chi connectivity index (χ1) is 6.14. The van der Waals surface area contributed by atoms with Crippen LogP contribution < -0.4 is 0 Å². The molecular formula is C10H19NO2. The van der Waals surface area contributed by atoms with Crippen molar-refractivity contribution >= 4 is 0 Å². The summed E-state index contributed by atoms with van der Waals surface area (Å²) in [6.45, 7) is 0.494. The van der Waals surface area contributed by atoms with E-state index in [1.807, 2.05) is 0 Å². The van der Waals surface area contributed by atoms with Crippen LogP contribution in [0.4, 0.5) is 0 Å². The van der Waals surface area contributed by atoms with Gasteiger partial charge in [-0.25, -0.2) is 0 Å². The second kappa shape index (κ2) is 3.23. The van der Waals surface area contributed by atoms with Crippen molar-refractivity contribution in [1.82, 2.24) is 4.90 Å². The van der Waals surface area contributed by atoms with Crippen LogP contribution in [-0.4, -0.2) is 48.5 Å². The summed E-state index contributed by atoms with van der Waals surface area (Å²) in [6, 6.07) is 1.16. The standard InChI is InChI=1S/C10H19NO2/c1-11-8-3-4-9(11)6-10(12,5-8)7-13-2/h8-9,12H,3-7H2,1-2H3. The minimum atomic E-state index is -0.549. The van der Waals surface area contributed by atoms with Crippen LogP contribution >= 0.6 is 0 Å². The Hall–Kier alpha value is -0.120. The van der Waals surface area contributed by atoms with Crippen LogP contribution in [0, 0.1) is 0 Å². The Labute approximate surface area is 79.7 Å². The SMILES string of the molecule is COCC1(O)CC2CCC(C1)N2C. The Kier molecular flexibility index (Phi) is 2.34. The fourth-order valence-electron chi connectivity index (χ4n) is 2.93. The van der Waals surface area contributed by atoms with E-state index in [1.165, 1.54) is 12.8 Å². The smallest absolute Gasteiger partial charge is 0.0909 e. The van der Waals surface area contributed by atoms with Gasteiger partial charge in [-0.1, -0.05) is 0 Å². The monoisotopic (exact) mass is 185 g/mol. The van der Waals surface area contributed by atoms with Crippen LogP contribution in [0.15, 0.2) is 0 Å². The Morgan fingerprint density at radius 1 is 1.38 bits per heavy atom. The van der Waals surface area contributed by atoms with E-state index in [4.69, 9.17) is 4.74 Å². The molecule has 2 saturated heterocycles. The molecule has 2 aliphatic rings. The number of hydrogen-bond acceptors (Lipinski definition) is 3. The fourth-order valence-corrected chi connectivity index (χ4v) is 2.93. The van der Waals surface area contributed by atoms with Gasteiger partial charge in [-0.2, -0.15) is 0 Å². The minimum Gasteiger partial charge on any atom is -0.387 e. The van der Waals surface area contributed by atoms with Crippen LogP contribution in [0.5, 0.6) is 0 Å². The summed E-state index contributed by atoms with van der Waals surface area (Å²) in [5, 5.41) is 10.2. The van der Waals surface area contributed by atoms with Gasteiger partial charge in [0.2, 0.25) is 0 Å². The third-order valence-electron chi connectivity index (χ3n) is 3.63. The molecule has 2 rings (SSSR count). The summed E-state index contributed by atoms with van der Waals surface area (Å²) >= 11 is 0. The Bertz CT molecular complexity index is 181. The molecule has 1 N–H and O–H groups in total. The van der Waals surface area contributed by atoms with Crippen LogP contribution in [0.2, 0.25) is 0 Å². The summed E-state index contributed by atoms with van der Waals surface area (Å²) in [6.07, 6.45) is 4.25. The Morgan fingerprint density at radius 3 is 2.38 bits per heavy atom. The lowest BCUT2D eigenvalue weighted by molar-refractivity contribution is -0.0873. The zero-order chi connectivity index (χ0) is 9.47. The number of nitrogens with zero attached hydrogens (tertiary/aromatic N) is 1. The lowest BCUT2D eigenvalue weighted by Crippen LogP contribution is -2.51. The number of aliphatic hydroxyl groups is 1. The number of methoxy groups -OCH3 is 1. The highest BCUT2D eigenvalue weighted by atomic mass is 16.5. The zero-order valence-electron chi connectivity index (χ0n) is 8.49. The molecule has 0 aromatic carbocycles. The van der Waals surface area contributed by atoms with Crippen molar-refractivity contribution < 1.29 is 9.84 Å². The number of hydrogen-bond donors (Lipinski definition) is 1. The van der Waals surface area contributed by atoms with Gasteiger partial charge in [0.15, 0.2) is 0 Å². The van der Waals surface area contributed by atoms with Gasteiger partial charge in [-0.3, -0.25) is 0 Å². The van der Waals surface area contributed by atoms with Gasteiger partial charge in [0, 0.05) is 19.2 Å². The normalized spacial score (nSPS) is 45.5. The number of piperidine rings is 1. The van der Waals surface area contributed by atoms with E-state index >= 15 is 0 Å². The molecule has 13 heavy (non-hydrogen) atoms. The lowest BCUT2D eigenvalue weighted by atomic mass is 9.87. The van der Waals surface area contributed by atoms with E-state index in [0.717, 1.165) is 12.8 Å². The second-order valence-corrected chi connectivity index (χ2v) is 4.62. The van der Waals surface area contributed by atoms with Crippen molar-refractivity contribution in [3.05, 3.63) is 0 Å². The van der Waals surface area contributed by atoms with Gasteiger partial charge in [0.05, 0.1) is 12.2 Å². The third-order valence-corrected chi connectivity index (χ3v) is 3.63. The summed E-state index contributed by atoms with van der Waals surface area (Å²) in [7, 11) is 3.84. The maximum atomic E-state index is 10.2. The molecule has 0 aromatic heterocycles. The first-order valence-corrected chi connectivity index (χ1v) is 5.08. The summed E-state index contributed by atoms with van der Waals surface area (Å²) in [4.78, 5) is 2.42. The van der Waals surface area contributed by atoms with Crippen LogP contribution in [0.3, 0.4) is 0 Å². The summed E-state index contributed by atoms with van der Waals surface area (Å²) in [5.74, 6) is 0. The maximum Gasteiger partial charge on any atom is 0.0909 e. The third kappa shape index (κ3) is 1.60. The van der Waals surface area contributed by atoms with Gasteiger partial charge < -0.3 is 14.7 Å². The van der Waals surface area contributed by atoms with Crippen LogP contribution in [0.25, 0.3) is 0 Å². The maximum absolute atomic E-state index is 10.2. The zero-order valence-corrected chi connectivity index (χ0v) is 8.49. The number of rotatable bonds is 2. The molecule has 2 fully saturated rings. The molecule has 2 aliphatic heterocycles. The molecule has 0 saturated carbocycles. The van der Waals surface area contributed by atoms with E-state index < -0.39 is 5.60 Å². The van der Waals surface area contributed by atoms with Crippen molar-refractivity contribution in [1.29, 1.82) is 0 Å². The van der Waals surface area contributed by atoms with Gasteiger partial charge in [-0.15, -0.1) is 0 Å². The van der Waals surface area contributed by atoms with Crippen molar-refractivity contribution in [3.63, 3.8) is 0 Å². The van der Waals surface area contributed by atoms with Crippen LogP contribution in [0.1, 0.15) is 25.7 Å². The first-order valence-electron chi connectivity index (χ1n) is 5.08. The van der Waals surface area contributed by atoms with Gasteiger partial charge in [0.1, 0.15) is 0 Å². The highest BCUT2D eigenvalue weighted by Gasteiger charge is 2.45. The number of ether oxygens (including phenoxy) is 1. The van der Waals surface area contributed by atoms with E-state index in [9.17, 15) is 5.11 Å². The molecule has 3 heteroatoms. The van der Waals surface area contributed by atoms with E-state index in [2.05, 4.69) is 11.9 Å². The molecular weight excluding hydrogens is 166 g/mol. The molecule has 0 amide bonds. The molecule has 0 radical (unpaired) electrons. The van der Waals surface area contributed by atoms with Crippen molar-refractivity contribution in [2.24, 2.45) is 0 Å². The highest BCUT2D eigenvalue weighted by Crippen LogP contribution is 2.39. The topological polar surface area (TPSA) is 32.7 Å². The molecule has 2 unspecified atom stereocenters. The molecule has 2 bridgehead atoms. The average Bonchev–Trinajstić information content (AvgIpc) is 2.34. The van der Waals surface area contributed by atoms with Gasteiger partial charge in [-0.05, 0) is 32.7 Å². The van der Waals surface area contributed by atoms with Crippen LogP contribution in [-0.2, 0) is 4.74 Å². The van der Waals surface area contributed by atoms with Gasteiger partial charge >= 0.3 is 0 Å². The molecule has 2 heterocycles. The first kappa shape index (κ1) is 9.44. The second-order valence-electron chi connectivity index (χ2n) is 4.62. The quantitative estimate of drug-likeness (QED) is 0.684. The van der Waals surface area contributed by atoms with Crippen molar-refractivity contribution in [3.8, 4) is 0 Å². The summed E-state index contributed by atoms with van der Waals surface area (Å²) < 4.78 is 5.08. The predicted molar refractivity (Wildman–Crippen MR) is 50.6 cm³/mol. The van der Waals surface area contributed by atoms with E-state index in [0.29, 0.717) is 18.7 Å².